The first-order valence-corrected chi connectivity index (χ1v) is 17.7. The molecule has 7 nitrogen and oxygen atoms in total. The molecule has 0 spiro atoms. The van der Waals surface area contributed by atoms with E-state index in [-0.39, 0.29) is 12.3 Å². The van der Waals surface area contributed by atoms with E-state index in [0.29, 0.717) is 17.8 Å². The SMILES string of the molecule is C=C/C=C\C(=C(\O)CN(CC)c1ccc(-n2c3ccccc3c3ccccc32)cc1N)c1ccccc1Nc1ccccc1N=CNc1ccccc1. The number of aliphatic hydroxyl groups is 1. The molecule has 7 heteroatoms. The van der Waals surface area contributed by atoms with Gasteiger partial charge in [-0.15, -0.1) is 0 Å². The van der Waals surface area contributed by atoms with Crippen LogP contribution in [0, 0.1) is 0 Å². The predicted octanol–water partition coefficient (Wildman–Crippen LogP) is 11.4. The van der Waals surface area contributed by atoms with Crippen LogP contribution in [0.25, 0.3) is 33.1 Å². The highest BCUT2D eigenvalue weighted by Gasteiger charge is 2.18. The fraction of sp³-hybridized carbons (Fsp3) is 0.0652. The van der Waals surface area contributed by atoms with Gasteiger partial charge in [0.15, 0.2) is 0 Å². The molecule has 0 unspecified atom stereocenters. The largest absolute Gasteiger partial charge is 0.510 e. The summed E-state index contributed by atoms with van der Waals surface area (Å²) in [6.07, 6.45) is 7.11. The highest BCUT2D eigenvalue weighted by Crippen LogP contribution is 2.36. The van der Waals surface area contributed by atoms with Gasteiger partial charge >= 0.3 is 0 Å². The first-order valence-electron chi connectivity index (χ1n) is 17.7. The quantitative estimate of drug-likeness (QED) is 0.0317. The molecule has 5 N–H and O–H groups in total. The monoisotopic (exact) mass is 694 g/mol. The number of nitrogens with one attached hydrogen (secondary N) is 2. The lowest BCUT2D eigenvalue weighted by Gasteiger charge is -2.26. The van der Waals surface area contributed by atoms with Crippen LogP contribution in [0.1, 0.15) is 12.5 Å². The molecule has 0 aliphatic carbocycles. The van der Waals surface area contributed by atoms with Crippen LogP contribution in [0.15, 0.2) is 181 Å². The molecular formula is C46H42N6O. The van der Waals surface area contributed by atoms with Crippen molar-refractivity contribution in [2.45, 2.75) is 6.92 Å². The molecule has 0 saturated carbocycles. The Labute approximate surface area is 310 Å². The van der Waals surface area contributed by atoms with Crippen LogP contribution in [-0.2, 0) is 0 Å². The van der Waals surface area contributed by atoms with E-state index in [4.69, 9.17) is 10.7 Å². The van der Waals surface area contributed by atoms with Gasteiger partial charge in [0.25, 0.3) is 0 Å². The van der Waals surface area contributed by atoms with Gasteiger partial charge in [-0.2, -0.15) is 0 Å². The van der Waals surface area contributed by atoms with Gasteiger partial charge in [0.2, 0.25) is 0 Å². The van der Waals surface area contributed by atoms with Crippen molar-refractivity contribution < 1.29 is 5.11 Å². The van der Waals surface area contributed by atoms with Gasteiger partial charge in [-0.05, 0) is 67.6 Å². The third-order valence-electron chi connectivity index (χ3n) is 9.22. The van der Waals surface area contributed by atoms with Crippen molar-refractivity contribution >= 4 is 67.8 Å². The van der Waals surface area contributed by atoms with Gasteiger partial charge in [-0.3, -0.25) is 0 Å². The lowest BCUT2D eigenvalue weighted by atomic mass is 10.0. The summed E-state index contributed by atoms with van der Waals surface area (Å²) < 4.78 is 2.25. The highest BCUT2D eigenvalue weighted by atomic mass is 16.3. The normalized spacial score (nSPS) is 12.0. The van der Waals surface area contributed by atoms with Crippen LogP contribution < -0.4 is 21.3 Å². The Morgan fingerprint density at radius 3 is 2.13 bits per heavy atom. The van der Waals surface area contributed by atoms with Crippen molar-refractivity contribution in [3.8, 4) is 5.69 Å². The molecule has 262 valence electrons. The van der Waals surface area contributed by atoms with Crippen molar-refractivity contribution in [3.05, 3.63) is 182 Å². The van der Waals surface area contributed by atoms with E-state index in [1.807, 2.05) is 103 Å². The molecule has 0 fully saturated rings. The number of nitrogens with two attached hydrogens (primary N) is 1. The number of benzene rings is 6. The smallest absolute Gasteiger partial charge is 0.119 e. The summed E-state index contributed by atoms with van der Waals surface area (Å²) in [5, 5.41) is 21.1. The van der Waals surface area contributed by atoms with E-state index in [1.54, 1.807) is 12.4 Å². The Morgan fingerprint density at radius 2 is 1.43 bits per heavy atom. The first kappa shape index (κ1) is 34.5. The van der Waals surface area contributed by atoms with Crippen LogP contribution >= 0.6 is 0 Å². The van der Waals surface area contributed by atoms with Crippen molar-refractivity contribution in [2.75, 3.05) is 34.4 Å². The number of hydrogen-bond donors (Lipinski definition) is 4. The number of nitrogen functional groups attached to an aromatic ring is 1. The van der Waals surface area contributed by atoms with Crippen molar-refractivity contribution in [1.29, 1.82) is 0 Å². The molecule has 0 radical (unpaired) electrons. The third-order valence-corrected chi connectivity index (χ3v) is 9.22. The zero-order chi connectivity index (χ0) is 36.6. The van der Waals surface area contributed by atoms with E-state index >= 15 is 0 Å². The molecule has 1 heterocycles. The molecule has 0 aliphatic heterocycles. The van der Waals surface area contributed by atoms with Gasteiger partial charge < -0.3 is 30.9 Å². The maximum absolute atomic E-state index is 11.9. The number of aliphatic hydroxyl groups excluding tert-OH is 1. The minimum Gasteiger partial charge on any atom is -0.510 e. The molecule has 6 aromatic carbocycles. The molecule has 1 aromatic heterocycles. The zero-order valence-electron chi connectivity index (χ0n) is 29.7. The maximum Gasteiger partial charge on any atom is 0.119 e. The molecule has 7 aromatic rings. The second-order valence-electron chi connectivity index (χ2n) is 12.5. The second-order valence-corrected chi connectivity index (χ2v) is 12.5. The number of aromatic nitrogens is 1. The standard InChI is InChI=1S/C46H42N6O/c1-3-5-19-38(35-20-9-12-23-40(35)50-42-25-14-13-24-41(42)49-32-48-33-17-7-6-8-18-33)46(53)31-51(4-2)45-29-28-34(30-39(45)47)52-43-26-15-10-21-36(43)37-22-11-16-27-44(37)52/h3,5-30,32,50,53H,1,4,31,47H2,2H3,(H,48,49)/b19-5-,46-38-. The summed E-state index contributed by atoms with van der Waals surface area (Å²) in [5.74, 6) is 0.198. The van der Waals surface area contributed by atoms with Gasteiger partial charge in [-0.1, -0.05) is 110 Å². The second kappa shape index (κ2) is 15.9. The lowest BCUT2D eigenvalue weighted by molar-refractivity contribution is 0.402. The molecule has 53 heavy (non-hydrogen) atoms. The Balaban J connectivity index is 1.19. The molecule has 0 bridgehead atoms. The lowest BCUT2D eigenvalue weighted by Crippen LogP contribution is -2.26. The minimum atomic E-state index is 0.198. The van der Waals surface area contributed by atoms with Crippen LogP contribution in [-0.4, -0.2) is 29.1 Å². The van der Waals surface area contributed by atoms with Crippen molar-refractivity contribution in [3.63, 3.8) is 0 Å². The number of anilines is 5. The molecule has 0 amide bonds. The van der Waals surface area contributed by atoms with Gasteiger partial charge in [0.05, 0.1) is 46.7 Å². The van der Waals surface area contributed by atoms with Crippen LogP contribution in [0.3, 0.4) is 0 Å². The maximum atomic E-state index is 11.9. The average molecular weight is 695 g/mol. The Bertz CT molecular complexity index is 2420. The predicted molar refractivity (Wildman–Crippen MR) is 226 cm³/mol. The fourth-order valence-electron chi connectivity index (χ4n) is 6.68. The molecule has 0 aliphatic rings. The summed E-state index contributed by atoms with van der Waals surface area (Å²) in [7, 11) is 0. The van der Waals surface area contributed by atoms with Crippen molar-refractivity contribution in [1.82, 2.24) is 4.57 Å². The van der Waals surface area contributed by atoms with Crippen LogP contribution in [0.4, 0.5) is 34.1 Å². The van der Waals surface area contributed by atoms with E-state index in [2.05, 4.69) is 88.2 Å². The Morgan fingerprint density at radius 1 is 0.792 bits per heavy atom. The minimum absolute atomic E-state index is 0.198. The summed E-state index contributed by atoms with van der Waals surface area (Å²) in [6, 6.07) is 48.7. The number of likely N-dealkylation sites (N-methyl/N-ethyl adjacent to an activating group) is 1. The number of fused-ring (bicyclic) bond motifs is 3. The van der Waals surface area contributed by atoms with E-state index in [9.17, 15) is 5.11 Å². The van der Waals surface area contributed by atoms with Crippen LogP contribution in [0.5, 0.6) is 0 Å². The van der Waals surface area contributed by atoms with Gasteiger partial charge in [0.1, 0.15) is 5.76 Å². The zero-order valence-corrected chi connectivity index (χ0v) is 29.7. The number of rotatable bonds is 13. The Kier molecular flexibility index (Phi) is 10.3. The summed E-state index contributed by atoms with van der Waals surface area (Å²) >= 11 is 0. The summed E-state index contributed by atoms with van der Waals surface area (Å²) in [6.45, 7) is 6.82. The number of nitrogens with zero attached hydrogens (tertiary/aromatic N) is 3. The average Bonchev–Trinajstić information content (AvgIpc) is 3.53. The number of para-hydroxylation sites is 6. The third kappa shape index (κ3) is 7.41. The first-order chi connectivity index (χ1) is 26.1. The van der Waals surface area contributed by atoms with Crippen molar-refractivity contribution in [2.24, 2.45) is 4.99 Å². The number of aliphatic imine (C=N–C) groups is 1. The summed E-state index contributed by atoms with van der Waals surface area (Å²) in [5.41, 5.74) is 16.4. The van der Waals surface area contributed by atoms with Gasteiger partial charge in [0, 0.05) is 45.5 Å². The van der Waals surface area contributed by atoms with Crippen LogP contribution in [0.2, 0.25) is 0 Å². The van der Waals surface area contributed by atoms with E-state index < -0.39 is 0 Å². The number of allylic oxidation sites excluding steroid dienone is 4. The molecule has 0 saturated heterocycles. The molecule has 0 atom stereocenters. The Hall–Kier alpha value is -6.99. The van der Waals surface area contributed by atoms with Gasteiger partial charge in [-0.25, -0.2) is 4.99 Å². The number of hydrogen-bond acceptors (Lipinski definition) is 5. The molecular weight excluding hydrogens is 653 g/mol. The summed E-state index contributed by atoms with van der Waals surface area (Å²) in [4.78, 5) is 6.78. The highest BCUT2D eigenvalue weighted by molar-refractivity contribution is 6.09. The van der Waals surface area contributed by atoms with E-state index in [1.165, 1.54) is 10.8 Å². The topological polar surface area (TPSA) is 90.8 Å². The fourth-order valence-corrected chi connectivity index (χ4v) is 6.68. The van der Waals surface area contributed by atoms with E-state index in [0.717, 1.165) is 50.7 Å². The molecule has 7 rings (SSSR count).